The predicted molar refractivity (Wildman–Crippen MR) is 383 cm³/mol. The van der Waals surface area contributed by atoms with Crippen molar-refractivity contribution in [3.05, 3.63) is 199 Å². The summed E-state index contributed by atoms with van der Waals surface area (Å²) in [6, 6.07) is 32.6. The van der Waals surface area contributed by atoms with Crippen LogP contribution in [-0.4, -0.2) is 22.8 Å². The molecular weight excluding hydrogens is 1190 g/mol. The first-order chi connectivity index (χ1) is 42.8. The molecule has 11 rings (SSSR count). The van der Waals surface area contributed by atoms with Crippen molar-refractivity contribution in [3.63, 3.8) is 0 Å². The molecule has 0 aromatic heterocycles. The van der Waals surface area contributed by atoms with Crippen LogP contribution in [0, 0.1) is 0 Å². The summed E-state index contributed by atoms with van der Waals surface area (Å²) in [4.78, 5) is 22.4. The molecule has 0 saturated carbocycles. The molecule has 4 nitrogen and oxygen atoms in total. The van der Waals surface area contributed by atoms with Crippen molar-refractivity contribution in [1.82, 2.24) is 0 Å². The molecule has 0 radical (unpaired) electrons. The molecule has 87 heavy (non-hydrogen) atoms. The van der Waals surface area contributed by atoms with Crippen LogP contribution < -0.4 is 0 Å². The van der Waals surface area contributed by atoms with Crippen LogP contribution in [0.5, 0.6) is 0 Å². The molecule has 6 heteroatoms. The lowest BCUT2D eigenvalue weighted by molar-refractivity contribution is 0.396. The molecule has 2 atom stereocenters. The molecule has 5 heterocycles. The lowest BCUT2D eigenvalue weighted by Gasteiger charge is -2.35. The second-order valence-corrected chi connectivity index (χ2v) is 27.9. The molecule has 454 valence electrons. The molecule has 0 spiro atoms. The van der Waals surface area contributed by atoms with Gasteiger partial charge in [0.15, 0.2) is 0 Å². The number of allylic oxidation sites excluding steroid dienone is 12. The molecule has 0 saturated heterocycles. The maximum Gasteiger partial charge on any atom is 0.0801 e. The second-order valence-electron chi connectivity index (χ2n) is 26.3. The van der Waals surface area contributed by atoms with Crippen LogP contribution in [0.15, 0.2) is 185 Å². The minimum atomic E-state index is -0.181. The average Bonchev–Trinajstić information content (AvgIpc) is 1.64. The van der Waals surface area contributed by atoms with Crippen LogP contribution in [0.3, 0.4) is 0 Å². The lowest BCUT2D eigenvalue weighted by Crippen LogP contribution is -2.27. The molecule has 8 bridgehead atoms. The van der Waals surface area contributed by atoms with Gasteiger partial charge in [0, 0.05) is 22.0 Å². The van der Waals surface area contributed by atoms with Gasteiger partial charge in [-0.05, 0) is 155 Å². The average molecular weight is 1290 g/mol. The van der Waals surface area contributed by atoms with Gasteiger partial charge in [0.1, 0.15) is 0 Å². The highest BCUT2D eigenvalue weighted by Gasteiger charge is 2.46. The maximum atomic E-state index is 5.64. The third-order valence-electron chi connectivity index (χ3n) is 20.2. The number of nitrogens with zero attached hydrogens (tertiary/aromatic N) is 4. The number of halogens is 2. The fourth-order valence-electron chi connectivity index (χ4n) is 15.6. The quantitative estimate of drug-likeness (QED) is 0.0427. The highest BCUT2D eigenvalue weighted by atomic mass is 79.9. The van der Waals surface area contributed by atoms with Crippen molar-refractivity contribution in [1.29, 1.82) is 0 Å². The molecule has 7 aliphatic rings. The minimum Gasteiger partial charge on any atom is -0.247 e. The first-order valence-electron chi connectivity index (χ1n) is 34.6. The van der Waals surface area contributed by atoms with Crippen LogP contribution >= 0.6 is 31.9 Å². The number of aliphatic imine (C=N–C) groups is 4. The first-order valence-corrected chi connectivity index (χ1v) is 36.2. The Morgan fingerprint density at radius 3 is 1.08 bits per heavy atom. The lowest BCUT2D eigenvalue weighted by atomic mass is 9.68. The summed E-state index contributed by atoms with van der Waals surface area (Å²) in [6.45, 7) is 9.43. The van der Waals surface area contributed by atoms with Gasteiger partial charge in [-0.1, -0.05) is 292 Å². The zero-order valence-corrected chi connectivity index (χ0v) is 56.3. The van der Waals surface area contributed by atoms with Gasteiger partial charge in [-0.3, -0.25) is 0 Å². The van der Waals surface area contributed by atoms with Crippen molar-refractivity contribution < 1.29 is 0 Å². The van der Waals surface area contributed by atoms with Gasteiger partial charge in [-0.15, -0.1) is 0 Å². The highest BCUT2D eigenvalue weighted by Crippen LogP contribution is 2.58. The third kappa shape index (κ3) is 13.8. The zero-order chi connectivity index (χ0) is 60.0. The van der Waals surface area contributed by atoms with E-state index in [9.17, 15) is 0 Å². The fourth-order valence-corrected chi connectivity index (χ4v) is 16.5. The summed E-state index contributed by atoms with van der Waals surface area (Å²) >= 11 is 8.30. The Kier molecular flexibility index (Phi) is 21.9. The molecule has 0 fully saturated rings. The Morgan fingerprint density at radius 2 is 0.621 bits per heavy atom. The van der Waals surface area contributed by atoms with Gasteiger partial charge in [-0.25, -0.2) is 20.0 Å². The monoisotopic (exact) mass is 1280 g/mol. The summed E-state index contributed by atoms with van der Waals surface area (Å²) < 4.78 is 1.75. The molecule has 0 amide bonds. The van der Waals surface area contributed by atoms with E-state index in [0.29, 0.717) is 0 Å². The van der Waals surface area contributed by atoms with Gasteiger partial charge in [-0.2, -0.15) is 0 Å². The van der Waals surface area contributed by atoms with E-state index >= 15 is 0 Å². The van der Waals surface area contributed by atoms with E-state index in [2.05, 4.69) is 193 Å². The van der Waals surface area contributed by atoms with Crippen molar-refractivity contribution in [2.75, 3.05) is 0 Å². The van der Waals surface area contributed by atoms with Crippen LogP contribution in [0.1, 0.15) is 260 Å². The SMILES string of the molecule is CCCCCCCCCCCCCCCCC1(CCCCCCCCCC)c2ccccc2-c2cccc(C3=C4C=CC(=N4)C(Br)=C4C=CC(=N4)C(c4cccc5c4C(C)(CCCCCCCC)c4ccccc4-5)=C4C=CC(=N4)C(Br)=C4C=CC3=N4)c21. The molecule has 5 aliphatic heterocycles. The second kappa shape index (κ2) is 30.3. The number of rotatable bonds is 33. The summed E-state index contributed by atoms with van der Waals surface area (Å²) in [7, 11) is 0. The summed E-state index contributed by atoms with van der Waals surface area (Å²) in [5.41, 5.74) is 22.6. The molecule has 0 N–H and O–H groups in total. The summed E-state index contributed by atoms with van der Waals surface area (Å²) in [6.07, 6.45) is 58.1. The maximum absolute atomic E-state index is 5.64. The van der Waals surface area contributed by atoms with Gasteiger partial charge in [0.2, 0.25) is 0 Å². The van der Waals surface area contributed by atoms with E-state index in [1.165, 1.54) is 235 Å². The van der Waals surface area contributed by atoms with Crippen molar-refractivity contribution in [2.45, 2.75) is 238 Å². The smallest absolute Gasteiger partial charge is 0.0801 e. The van der Waals surface area contributed by atoms with E-state index in [0.717, 1.165) is 85.0 Å². The Hall–Kier alpha value is -5.56. The van der Waals surface area contributed by atoms with E-state index in [1.54, 1.807) is 0 Å². The first kappa shape index (κ1) is 63.0. The van der Waals surface area contributed by atoms with Crippen LogP contribution in [-0.2, 0) is 10.8 Å². The topological polar surface area (TPSA) is 49.4 Å². The highest BCUT2D eigenvalue weighted by molar-refractivity contribution is 9.12. The molecule has 4 aromatic carbocycles. The number of unbranched alkanes of at least 4 members (excludes halogenated alkanes) is 25. The number of hydrogen-bond acceptors (Lipinski definition) is 4. The summed E-state index contributed by atoms with van der Waals surface area (Å²) in [5.74, 6) is 0. The Labute approximate surface area is 540 Å². The molecule has 2 aliphatic carbocycles. The molecule has 2 unspecified atom stereocenters. The van der Waals surface area contributed by atoms with E-state index in [1.807, 2.05) is 0 Å². The number of hydrogen-bond donors (Lipinski definition) is 0. The zero-order valence-electron chi connectivity index (χ0n) is 53.2. The van der Waals surface area contributed by atoms with E-state index < -0.39 is 0 Å². The van der Waals surface area contributed by atoms with Crippen LogP contribution in [0.2, 0.25) is 0 Å². The van der Waals surface area contributed by atoms with Gasteiger partial charge in [0.25, 0.3) is 0 Å². The van der Waals surface area contributed by atoms with Gasteiger partial charge < -0.3 is 0 Å². The Balaban J connectivity index is 0.955. The van der Waals surface area contributed by atoms with Crippen LogP contribution in [0.25, 0.3) is 33.4 Å². The standard InChI is InChI=1S/C81H96Br2N4/c1-5-8-11-14-17-19-20-21-22-23-24-26-29-36-57-81(56-35-28-25-18-15-12-9-6-2)65-46-33-31-40-59(65)61-42-38-44-63(77(61)81)75-68-49-53-72(86-68)78(82)70-51-47-66(84-70)74(67-48-52-71(85-67)79(83)73-54-50-69(75)87-73)62-43-37-41-60-58-39-30-32-45-64(58)80(4,76(60)62)55-34-27-16-13-10-7-3/h30-33,37-54H,5-29,34-36,55-57H2,1-4H3. The summed E-state index contributed by atoms with van der Waals surface area (Å²) in [5, 5.41) is 0. The van der Waals surface area contributed by atoms with E-state index in [4.69, 9.17) is 20.0 Å². The van der Waals surface area contributed by atoms with E-state index in [-0.39, 0.29) is 10.8 Å². The molecule has 4 aromatic rings. The number of fused-ring (bicyclic) bond motifs is 10. The fraction of sp³-hybridized carbons (Fsp3) is 0.457. The van der Waals surface area contributed by atoms with Crippen LogP contribution in [0.4, 0.5) is 0 Å². The van der Waals surface area contributed by atoms with Crippen molar-refractivity contribution >= 4 is 65.9 Å². The largest absolute Gasteiger partial charge is 0.247 e. The Bertz CT molecular complexity index is 3540. The minimum absolute atomic E-state index is 0.138. The van der Waals surface area contributed by atoms with Crippen molar-refractivity contribution in [2.24, 2.45) is 20.0 Å². The predicted octanol–water partition coefficient (Wildman–Crippen LogP) is 24.8. The van der Waals surface area contributed by atoms with Gasteiger partial charge >= 0.3 is 0 Å². The number of benzene rings is 4. The normalized spacial score (nSPS) is 19.4. The third-order valence-corrected chi connectivity index (χ3v) is 21.8. The van der Waals surface area contributed by atoms with Crippen molar-refractivity contribution in [3.8, 4) is 22.3 Å². The van der Waals surface area contributed by atoms with Gasteiger partial charge in [0.05, 0.1) is 54.6 Å². The molecular formula is C81H96Br2N4. The Morgan fingerprint density at radius 1 is 0.299 bits per heavy atom.